The van der Waals surface area contributed by atoms with Gasteiger partial charge in [-0.15, -0.1) is 0 Å². The maximum absolute atomic E-state index is 12.7. The number of benzene rings is 1. The third-order valence-corrected chi connectivity index (χ3v) is 4.42. The van der Waals surface area contributed by atoms with Gasteiger partial charge in [0.05, 0.1) is 16.6 Å². The number of nitrogens with zero attached hydrogens (tertiary/aromatic N) is 4. The van der Waals surface area contributed by atoms with Gasteiger partial charge in [-0.1, -0.05) is 11.6 Å². The van der Waals surface area contributed by atoms with Gasteiger partial charge in [0, 0.05) is 25.0 Å². The summed E-state index contributed by atoms with van der Waals surface area (Å²) >= 11 is 6.06. The summed E-state index contributed by atoms with van der Waals surface area (Å²) in [5.41, 5.74) is 0.379. The summed E-state index contributed by atoms with van der Waals surface area (Å²) in [4.78, 5) is 2.05. The molecule has 1 aromatic carbocycles. The average molecular weight is 355 g/mol. The molecule has 1 aromatic heterocycles. The Hall–Kier alpha value is -2.20. The maximum Gasteiger partial charge on any atom is 0.435 e. The van der Waals surface area contributed by atoms with E-state index in [0.29, 0.717) is 17.1 Å². The topological polar surface area (TPSA) is 44.9 Å². The number of piperidine rings is 1. The fourth-order valence-corrected chi connectivity index (χ4v) is 3.11. The summed E-state index contributed by atoms with van der Waals surface area (Å²) in [6.07, 6.45) is -1.45. The van der Waals surface area contributed by atoms with Crippen molar-refractivity contribution in [2.75, 3.05) is 18.0 Å². The number of hydrogen-bond acceptors (Lipinski definition) is 3. The Morgan fingerprint density at radius 3 is 2.71 bits per heavy atom. The van der Waals surface area contributed by atoms with Crippen molar-refractivity contribution in [3.63, 3.8) is 0 Å². The Labute approximate surface area is 142 Å². The smallest absolute Gasteiger partial charge is 0.369 e. The predicted molar refractivity (Wildman–Crippen MR) is 83.9 cm³/mol. The van der Waals surface area contributed by atoms with Crippen molar-refractivity contribution in [1.82, 2.24) is 9.78 Å². The second kappa shape index (κ2) is 6.36. The van der Waals surface area contributed by atoms with Crippen LogP contribution in [0, 0.1) is 11.3 Å². The third-order valence-electron chi connectivity index (χ3n) is 4.11. The van der Waals surface area contributed by atoms with Crippen LogP contribution in [0.2, 0.25) is 5.02 Å². The summed E-state index contributed by atoms with van der Waals surface area (Å²) in [5, 5.41) is 13.0. The van der Waals surface area contributed by atoms with E-state index in [2.05, 4.69) is 10.00 Å². The normalized spacial score (nSPS) is 18.5. The van der Waals surface area contributed by atoms with Crippen molar-refractivity contribution < 1.29 is 13.2 Å². The summed E-state index contributed by atoms with van der Waals surface area (Å²) in [6.45, 7) is 1.33. The Kier molecular flexibility index (Phi) is 4.41. The largest absolute Gasteiger partial charge is 0.435 e. The van der Waals surface area contributed by atoms with Crippen molar-refractivity contribution in [1.29, 1.82) is 5.26 Å². The maximum atomic E-state index is 12.7. The molecule has 1 fully saturated rings. The molecule has 0 amide bonds. The van der Waals surface area contributed by atoms with Crippen LogP contribution in [0.5, 0.6) is 0 Å². The van der Waals surface area contributed by atoms with Crippen molar-refractivity contribution in [2.45, 2.75) is 25.1 Å². The lowest BCUT2D eigenvalue weighted by molar-refractivity contribution is -0.141. The van der Waals surface area contributed by atoms with Crippen LogP contribution < -0.4 is 4.90 Å². The highest BCUT2D eigenvalue weighted by atomic mass is 35.5. The number of aromatic nitrogens is 2. The molecular weight excluding hydrogens is 341 g/mol. The van der Waals surface area contributed by atoms with Gasteiger partial charge in [0.25, 0.3) is 0 Å². The van der Waals surface area contributed by atoms with Crippen molar-refractivity contribution >= 4 is 17.3 Å². The molecule has 2 heterocycles. The van der Waals surface area contributed by atoms with Crippen LogP contribution in [-0.2, 0) is 6.18 Å². The summed E-state index contributed by atoms with van der Waals surface area (Å²) in [7, 11) is 0. The molecule has 1 unspecified atom stereocenters. The molecule has 0 bridgehead atoms. The molecule has 0 saturated carbocycles. The zero-order valence-electron chi connectivity index (χ0n) is 12.6. The minimum atomic E-state index is -4.43. The monoisotopic (exact) mass is 354 g/mol. The number of hydrogen-bond donors (Lipinski definition) is 0. The molecule has 24 heavy (non-hydrogen) atoms. The van der Waals surface area contributed by atoms with E-state index in [1.807, 2.05) is 6.07 Å². The molecule has 3 rings (SSSR count). The predicted octanol–water partition coefficient (Wildman–Crippen LogP) is 4.27. The minimum absolute atomic E-state index is 0.135. The highest BCUT2D eigenvalue weighted by Gasteiger charge is 2.34. The van der Waals surface area contributed by atoms with E-state index in [1.165, 1.54) is 10.9 Å². The van der Waals surface area contributed by atoms with Gasteiger partial charge in [-0.3, -0.25) is 4.68 Å². The van der Waals surface area contributed by atoms with E-state index in [-0.39, 0.29) is 6.04 Å². The molecule has 2 aromatic rings. The lowest BCUT2D eigenvalue weighted by atomic mass is 10.0. The van der Waals surface area contributed by atoms with Gasteiger partial charge in [0.1, 0.15) is 6.07 Å². The summed E-state index contributed by atoms with van der Waals surface area (Å²) in [6, 6.07) is 8.04. The summed E-state index contributed by atoms with van der Waals surface area (Å²) in [5.74, 6) is 0. The van der Waals surface area contributed by atoms with Gasteiger partial charge in [-0.25, -0.2) is 0 Å². The first kappa shape index (κ1) is 16.7. The number of alkyl halides is 3. The zero-order chi connectivity index (χ0) is 17.3. The second-order valence-corrected chi connectivity index (χ2v) is 6.10. The SMILES string of the molecule is N#Cc1ccc(N2CCCC(n3ccc(C(F)(F)F)n3)C2)cc1Cl. The van der Waals surface area contributed by atoms with E-state index in [9.17, 15) is 13.2 Å². The van der Waals surface area contributed by atoms with E-state index in [0.717, 1.165) is 31.1 Å². The fourth-order valence-electron chi connectivity index (χ4n) is 2.89. The molecule has 8 heteroatoms. The lowest BCUT2D eigenvalue weighted by Crippen LogP contribution is -2.36. The van der Waals surface area contributed by atoms with Crippen LogP contribution in [0.1, 0.15) is 30.1 Å². The van der Waals surface area contributed by atoms with Crippen LogP contribution in [0.3, 0.4) is 0 Å². The average Bonchev–Trinajstić information content (AvgIpc) is 3.05. The molecular formula is C16H14ClF3N4. The van der Waals surface area contributed by atoms with Gasteiger partial charge in [0.15, 0.2) is 5.69 Å². The first-order chi connectivity index (χ1) is 11.4. The van der Waals surface area contributed by atoms with Crippen LogP contribution in [-0.4, -0.2) is 22.9 Å². The van der Waals surface area contributed by atoms with Crippen LogP contribution in [0.4, 0.5) is 18.9 Å². The van der Waals surface area contributed by atoms with Gasteiger partial charge in [-0.2, -0.15) is 23.5 Å². The second-order valence-electron chi connectivity index (χ2n) is 5.70. The first-order valence-corrected chi connectivity index (χ1v) is 7.83. The number of anilines is 1. The Balaban J connectivity index is 1.78. The van der Waals surface area contributed by atoms with E-state index >= 15 is 0 Å². The standard InChI is InChI=1S/C16H14ClF3N4/c17-14-8-12(4-3-11(14)9-21)23-6-1-2-13(10-23)24-7-5-15(22-24)16(18,19)20/h3-5,7-8,13H,1-2,6,10H2. The van der Waals surface area contributed by atoms with Crippen molar-refractivity contribution in [3.8, 4) is 6.07 Å². The molecule has 1 atom stereocenters. The van der Waals surface area contributed by atoms with E-state index < -0.39 is 11.9 Å². The molecule has 0 N–H and O–H groups in total. The highest BCUT2D eigenvalue weighted by Crippen LogP contribution is 2.31. The van der Waals surface area contributed by atoms with Crippen LogP contribution >= 0.6 is 11.6 Å². The fraction of sp³-hybridized carbons (Fsp3) is 0.375. The molecule has 1 saturated heterocycles. The van der Waals surface area contributed by atoms with E-state index in [4.69, 9.17) is 16.9 Å². The molecule has 0 spiro atoms. The van der Waals surface area contributed by atoms with Crippen molar-refractivity contribution in [2.24, 2.45) is 0 Å². The van der Waals surface area contributed by atoms with Crippen LogP contribution in [0.15, 0.2) is 30.5 Å². The highest BCUT2D eigenvalue weighted by molar-refractivity contribution is 6.32. The van der Waals surface area contributed by atoms with Gasteiger partial charge in [-0.05, 0) is 37.1 Å². The molecule has 1 aliphatic heterocycles. The Morgan fingerprint density at radius 2 is 2.08 bits per heavy atom. The van der Waals surface area contributed by atoms with E-state index in [1.54, 1.807) is 18.2 Å². The number of halogens is 4. The quantitative estimate of drug-likeness (QED) is 0.809. The third kappa shape index (κ3) is 3.34. The van der Waals surface area contributed by atoms with Gasteiger partial charge in [0.2, 0.25) is 0 Å². The molecule has 0 radical (unpaired) electrons. The zero-order valence-corrected chi connectivity index (χ0v) is 13.3. The Morgan fingerprint density at radius 1 is 1.29 bits per heavy atom. The lowest BCUT2D eigenvalue weighted by Gasteiger charge is -2.34. The Bertz CT molecular complexity index is 778. The van der Waals surface area contributed by atoms with Crippen molar-refractivity contribution in [3.05, 3.63) is 46.7 Å². The number of rotatable bonds is 2. The summed E-state index contributed by atoms with van der Waals surface area (Å²) < 4.78 is 39.5. The number of nitriles is 1. The molecule has 4 nitrogen and oxygen atoms in total. The molecule has 1 aliphatic rings. The first-order valence-electron chi connectivity index (χ1n) is 7.45. The van der Waals surface area contributed by atoms with Gasteiger partial charge < -0.3 is 4.90 Å². The van der Waals surface area contributed by atoms with Crippen LogP contribution in [0.25, 0.3) is 0 Å². The van der Waals surface area contributed by atoms with Gasteiger partial charge >= 0.3 is 6.18 Å². The molecule has 0 aliphatic carbocycles. The minimum Gasteiger partial charge on any atom is -0.369 e. The molecule has 126 valence electrons.